The van der Waals surface area contributed by atoms with E-state index in [1.807, 2.05) is 0 Å². The summed E-state index contributed by atoms with van der Waals surface area (Å²) in [4.78, 5) is 7.73. The summed E-state index contributed by atoms with van der Waals surface area (Å²) in [7, 11) is 0. The Kier molecular flexibility index (Phi) is 3.51. The van der Waals surface area contributed by atoms with Gasteiger partial charge < -0.3 is 5.73 Å². The van der Waals surface area contributed by atoms with Crippen LogP contribution in [0.4, 0.5) is 19.0 Å². The number of rotatable bonds is 2. The molecule has 0 aliphatic carbocycles. The van der Waals surface area contributed by atoms with Gasteiger partial charge in [-0.25, -0.2) is 14.6 Å². The van der Waals surface area contributed by atoms with Gasteiger partial charge in [0.05, 0.1) is 5.39 Å². The summed E-state index contributed by atoms with van der Waals surface area (Å²) >= 11 is 3.30. The third-order valence-electron chi connectivity index (χ3n) is 3.01. The predicted octanol–water partition coefficient (Wildman–Crippen LogP) is 3.40. The Morgan fingerprint density at radius 1 is 1.14 bits per heavy atom. The lowest BCUT2D eigenvalue weighted by atomic mass is 10.1. The molecule has 0 bridgehead atoms. The molecular formula is C13H9BrF3N5. The summed E-state index contributed by atoms with van der Waals surface area (Å²) in [5.41, 5.74) is 6.82. The van der Waals surface area contributed by atoms with Crippen molar-refractivity contribution in [2.45, 2.75) is 12.7 Å². The largest absolute Gasteiger partial charge is 0.408 e. The molecule has 0 atom stereocenters. The second-order valence-corrected chi connectivity index (χ2v) is 5.50. The highest BCUT2D eigenvalue weighted by molar-refractivity contribution is 9.10. The molecule has 0 aliphatic rings. The van der Waals surface area contributed by atoms with Gasteiger partial charge in [-0.05, 0) is 12.1 Å². The highest BCUT2D eigenvalue weighted by Crippen LogP contribution is 2.32. The van der Waals surface area contributed by atoms with Gasteiger partial charge in [-0.3, -0.25) is 0 Å². The lowest BCUT2D eigenvalue weighted by Gasteiger charge is -2.06. The van der Waals surface area contributed by atoms with Crippen molar-refractivity contribution < 1.29 is 13.2 Å². The Morgan fingerprint density at radius 2 is 1.82 bits per heavy atom. The number of fused-ring (bicyclic) bond motifs is 1. The van der Waals surface area contributed by atoms with E-state index in [0.29, 0.717) is 16.6 Å². The van der Waals surface area contributed by atoms with E-state index in [9.17, 15) is 13.2 Å². The topological polar surface area (TPSA) is 69.6 Å². The zero-order valence-electron chi connectivity index (χ0n) is 11.0. The van der Waals surface area contributed by atoms with E-state index in [1.54, 1.807) is 24.3 Å². The lowest BCUT2D eigenvalue weighted by Crippen LogP contribution is -2.19. The van der Waals surface area contributed by atoms with E-state index in [2.05, 4.69) is 31.0 Å². The average Bonchev–Trinajstić information content (AvgIpc) is 2.78. The van der Waals surface area contributed by atoms with Crippen LogP contribution in [0.25, 0.3) is 22.3 Å². The van der Waals surface area contributed by atoms with Crippen molar-refractivity contribution in [2.24, 2.45) is 0 Å². The number of nitrogens with two attached hydrogens (primary N) is 1. The summed E-state index contributed by atoms with van der Waals surface area (Å²) in [6.45, 7) is -1.24. The molecule has 2 aromatic heterocycles. The fourth-order valence-corrected chi connectivity index (χ4v) is 2.38. The minimum Gasteiger partial charge on any atom is -0.383 e. The first kappa shape index (κ1) is 14.8. The van der Waals surface area contributed by atoms with Crippen LogP contribution in [0.1, 0.15) is 0 Å². The molecule has 0 spiro atoms. The second-order valence-electron chi connectivity index (χ2n) is 4.59. The maximum Gasteiger partial charge on any atom is 0.408 e. The molecule has 3 aromatic rings. The van der Waals surface area contributed by atoms with Crippen molar-refractivity contribution in [1.29, 1.82) is 0 Å². The van der Waals surface area contributed by atoms with Crippen molar-refractivity contribution >= 4 is 32.8 Å². The third kappa shape index (κ3) is 2.76. The molecule has 9 heteroatoms. The van der Waals surface area contributed by atoms with Crippen LogP contribution >= 0.6 is 15.9 Å². The summed E-state index contributed by atoms with van der Waals surface area (Å²) in [5, 5.41) is 4.35. The van der Waals surface area contributed by atoms with E-state index >= 15 is 0 Å². The molecule has 5 nitrogen and oxygen atoms in total. The van der Waals surface area contributed by atoms with Crippen LogP contribution in [0.5, 0.6) is 0 Å². The SMILES string of the molecule is Nc1ncnc2c1c(-c1ccc(Br)cc1)nn2CC(F)(F)F. The maximum absolute atomic E-state index is 12.7. The van der Waals surface area contributed by atoms with Gasteiger partial charge in [-0.2, -0.15) is 18.3 Å². The molecule has 114 valence electrons. The van der Waals surface area contributed by atoms with Crippen LogP contribution in [0, 0.1) is 0 Å². The molecule has 0 saturated carbocycles. The molecule has 0 aliphatic heterocycles. The van der Waals surface area contributed by atoms with Crippen LogP contribution in [0.15, 0.2) is 35.1 Å². The average molecular weight is 372 g/mol. The summed E-state index contributed by atoms with van der Waals surface area (Å²) < 4.78 is 39.7. The molecule has 2 N–H and O–H groups in total. The number of nitrogens with zero attached hydrogens (tertiary/aromatic N) is 4. The molecule has 3 rings (SSSR count). The molecule has 0 unspecified atom stereocenters. The summed E-state index contributed by atoms with van der Waals surface area (Å²) in [6.07, 6.45) is -3.28. The van der Waals surface area contributed by atoms with Gasteiger partial charge >= 0.3 is 6.18 Å². The number of benzene rings is 1. The third-order valence-corrected chi connectivity index (χ3v) is 3.53. The quantitative estimate of drug-likeness (QED) is 0.749. The normalized spacial score (nSPS) is 12.0. The number of hydrogen-bond acceptors (Lipinski definition) is 4. The monoisotopic (exact) mass is 371 g/mol. The molecule has 0 amide bonds. The van der Waals surface area contributed by atoms with Gasteiger partial charge in [-0.1, -0.05) is 28.1 Å². The smallest absolute Gasteiger partial charge is 0.383 e. The van der Waals surface area contributed by atoms with Crippen LogP contribution in [0.2, 0.25) is 0 Å². The molecule has 1 aromatic carbocycles. The number of aromatic nitrogens is 4. The predicted molar refractivity (Wildman–Crippen MR) is 78.9 cm³/mol. The fourth-order valence-electron chi connectivity index (χ4n) is 2.12. The van der Waals surface area contributed by atoms with E-state index < -0.39 is 12.7 Å². The minimum atomic E-state index is -4.41. The van der Waals surface area contributed by atoms with E-state index in [1.165, 1.54) is 0 Å². The van der Waals surface area contributed by atoms with Gasteiger partial charge in [-0.15, -0.1) is 0 Å². The van der Waals surface area contributed by atoms with Crippen molar-refractivity contribution in [3.63, 3.8) is 0 Å². The minimum absolute atomic E-state index is 0.0581. The summed E-state index contributed by atoms with van der Waals surface area (Å²) in [6, 6.07) is 7.00. The summed E-state index contributed by atoms with van der Waals surface area (Å²) in [5.74, 6) is 0.0938. The first-order valence-corrected chi connectivity index (χ1v) is 6.94. The Hall–Kier alpha value is -2.16. The fraction of sp³-hybridized carbons (Fsp3) is 0.154. The first-order valence-electron chi connectivity index (χ1n) is 6.15. The van der Waals surface area contributed by atoms with E-state index in [4.69, 9.17) is 5.73 Å². The van der Waals surface area contributed by atoms with Gasteiger partial charge in [0.25, 0.3) is 0 Å². The Balaban J connectivity index is 2.24. The Bertz CT molecular complexity index is 826. The Morgan fingerprint density at radius 3 is 2.45 bits per heavy atom. The number of nitrogen functional groups attached to an aromatic ring is 1. The zero-order valence-corrected chi connectivity index (χ0v) is 12.6. The molecule has 0 radical (unpaired) electrons. The maximum atomic E-state index is 12.7. The highest BCUT2D eigenvalue weighted by Gasteiger charge is 2.31. The number of halogens is 4. The number of anilines is 1. The van der Waals surface area contributed by atoms with Crippen molar-refractivity contribution in [2.75, 3.05) is 5.73 Å². The number of hydrogen-bond donors (Lipinski definition) is 1. The number of alkyl halides is 3. The van der Waals surface area contributed by atoms with Crippen molar-refractivity contribution in [1.82, 2.24) is 19.7 Å². The van der Waals surface area contributed by atoms with Gasteiger partial charge in [0.15, 0.2) is 5.65 Å². The van der Waals surface area contributed by atoms with E-state index in [-0.39, 0.29) is 11.5 Å². The molecule has 0 saturated heterocycles. The van der Waals surface area contributed by atoms with E-state index in [0.717, 1.165) is 15.5 Å². The Labute approximate surface area is 131 Å². The van der Waals surface area contributed by atoms with Crippen LogP contribution < -0.4 is 5.73 Å². The zero-order chi connectivity index (χ0) is 15.9. The van der Waals surface area contributed by atoms with Crippen molar-refractivity contribution in [3.8, 4) is 11.3 Å². The first-order chi connectivity index (χ1) is 10.3. The van der Waals surface area contributed by atoms with Crippen LogP contribution in [-0.2, 0) is 6.54 Å². The lowest BCUT2D eigenvalue weighted by molar-refractivity contribution is -0.141. The molecule has 22 heavy (non-hydrogen) atoms. The molecule has 0 fully saturated rings. The highest BCUT2D eigenvalue weighted by atomic mass is 79.9. The van der Waals surface area contributed by atoms with Crippen LogP contribution in [-0.4, -0.2) is 25.9 Å². The standard InChI is InChI=1S/C13H9BrF3N5/c14-8-3-1-7(2-4-8)10-9-11(18)19-6-20-12(9)22(21-10)5-13(15,16)17/h1-4,6H,5H2,(H2,18,19,20). The molecule has 2 heterocycles. The van der Waals surface area contributed by atoms with Gasteiger partial charge in [0.2, 0.25) is 0 Å². The molecular weight excluding hydrogens is 363 g/mol. The van der Waals surface area contributed by atoms with Crippen molar-refractivity contribution in [3.05, 3.63) is 35.1 Å². The van der Waals surface area contributed by atoms with Gasteiger partial charge in [0.1, 0.15) is 24.4 Å². The van der Waals surface area contributed by atoms with Gasteiger partial charge in [0, 0.05) is 10.0 Å². The second kappa shape index (κ2) is 5.24. The van der Waals surface area contributed by atoms with Crippen LogP contribution in [0.3, 0.4) is 0 Å².